The molecule has 0 spiro atoms. The third kappa shape index (κ3) is 2.78. The maximum atomic E-state index is 13.2. The highest BCUT2D eigenvalue weighted by Gasteiger charge is 2.48. The van der Waals surface area contributed by atoms with Crippen LogP contribution in [0.1, 0.15) is 12.0 Å². The van der Waals surface area contributed by atoms with E-state index in [2.05, 4.69) is 15.8 Å². The van der Waals surface area contributed by atoms with Gasteiger partial charge in [-0.05, 0) is 23.1 Å². The molecule has 0 amide bonds. The Kier molecular flexibility index (Phi) is 3.85. The summed E-state index contributed by atoms with van der Waals surface area (Å²) in [4.78, 5) is 4.10. The molecule has 26 heavy (non-hydrogen) atoms. The molecule has 0 saturated heterocycles. The van der Waals surface area contributed by atoms with Gasteiger partial charge in [-0.2, -0.15) is 5.26 Å². The summed E-state index contributed by atoms with van der Waals surface area (Å²) in [5.74, 6) is 0. The van der Waals surface area contributed by atoms with Crippen LogP contribution in [0.25, 0.3) is 21.9 Å². The van der Waals surface area contributed by atoms with E-state index < -0.39 is 21.4 Å². The molecule has 130 valence electrons. The quantitative estimate of drug-likeness (QED) is 0.763. The van der Waals surface area contributed by atoms with Crippen LogP contribution in [0, 0.1) is 11.3 Å². The minimum absolute atomic E-state index is 0.0234. The standard InChI is InChI=1S/C19H14FN3O2S/c20-17-9-19(17)26(24,25)23-18-7-8-22-11-16(18)15-6-5-12(10-21)13-3-1-2-4-14(13)15/h1-8,11,17,19H,9H2,(H,22,23). The molecule has 0 radical (unpaired) electrons. The fraction of sp³-hybridized carbons (Fsp3) is 0.158. The number of pyridine rings is 1. The Morgan fingerprint density at radius 2 is 1.85 bits per heavy atom. The molecule has 3 aromatic rings. The predicted molar refractivity (Wildman–Crippen MR) is 97.7 cm³/mol. The van der Waals surface area contributed by atoms with Crippen LogP contribution in [0.5, 0.6) is 0 Å². The number of nitrogens with zero attached hydrogens (tertiary/aromatic N) is 2. The topological polar surface area (TPSA) is 82.8 Å². The van der Waals surface area contributed by atoms with Gasteiger partial charge in [0.1, 0.15) is 11.4 Å². The molecule has 2 unspecified atom stereocenters. The Labute approximate surface area is 150 Å². The van der Waals surface area contributed by atoms with E-state index in [-0.39, 0.29) is 6.42 Å². The lowest BCUT2D eigenvalue weighted by Crippen LogP contribution is -2.19. The van der Waals surface area contributed by atoms with Crippen LogP contribution in [0.2, 0.25) is 0 Å². The molecule has 1 heterocycles. The lowest BCUT2D eigenvalue weighted by Gasteiger charge is -2.14. The maximum absolute atomic E-state index is 13.2. The van der Waals surface area contributed by atoms with Crippen LogP contribution >= 0.6 is 0 Å². The van der Waals surface area contributed by atoms with Gasteiger partial charge in [-0.3, -0.25) is 9.71 Å². The Hall–Kier alpha value is -2.98. The molecule has 5 nitrogen and oxygen atoms in total. The van der Waals surface area contributed by atoms with E-state index in [1.165, 1.54) is 6.20 Å². The second kappa shape index (κ2) is 6.07. The van der Waals surface area contributed by atoms with Crippen molar-refractivity contribution in [3.8, 4) is 17.2 Å². The molecule has 1 N–H and O–H groups in total. The molecule has 0 aliphatic heterocycles. The molecule has 1 fully saturated rings. The Balaban J connectivity index is 1.86. The molecule has 1 saturated carbocycles. The zero-order valence-electron chi connectivity index (χ0n) is 13.6. The fourth-order valence-corrected chi connectivity index (χ4v) is 4.48. The number of benzene rings is 2. The molecular formula is C19H14FN3O2S. The highest BCUT2D eigenvalue weighted by molar-refractivity contribution is 7.93. The number of halogens is 1. The van der Waals surface area contributed by atoms with E-state index >= 15 is 0 Å². The van der Waals surface area contributed by atoms with Crippen LogP contribution in [0.3, 0.4) is 0 Å². The number of alkyl halides is 1. The number of nitrogens with one attached hydrogen (secondary N) is 1. The second-order valence-electron chi connectivity index (χ2n) is 6.18. The van der Waals surface area contributed by atoms with E-state index in [0.29, 0.717) is 16.8 Å². The van der Waals surface area contributed by atoms with Gasteiger partial charge in [0.05, 0.1) is 17.3 Å². The highest BCUT2D eigenvalue weighted by Crippen LogP contribution is 2.38. The van der Waals surface area contributed by atoms with Gasteiger partial charge >= 0.3 is 0 Å². The minimum atomic E-state index is -3.79. The third-order valence-electron chi connectivity index (χ3n) is 4.46. The van der Waals surface area contributed by atoms with Crippen molar-refractivity contribution in [2.45, 2.75) is 17.8 Å². The average Bonchev–Trinajstić information content (AvgIpc) is 3.39. The van der Waals surface area contributed by atoms with Gasteiger partial charge in [-0.25, -0.2) is 12.8 Å². The maximum Gasteiger partial charge on any atom is 0.238 e. The van der Waals surface area contributed by atoms with Crippen molar-refractivity contribution in [1.82, 2.24) is 4.98 Å². The van der Waals surface area contributed by atoms with Crippen LogP contribution in [0.4, 0.5) is 10.1 Å². The molecule has 1 aromatic heterocycles. The first-order valence-electron chi connectivity index (χ1n) is 8.03. The average molecular weight is 367 g/mol. The van der Waals surface area contributed by atoms with Gasteiger partial charge in [-0.15, -0.1) is 0 Å². The number of aromatic nitrogens is 1. The zero-order chi connectivity index (χ0) is 18.3. The lowest BCUT2D eigenvalue weighted by molar-refractivity contribution is 0.477. The number of rotatable bonds is 4. The van der Waals surface area contributed by atoms with Gasteiger partial charge < -0.3 is 0 Å². The Morgan fingerprint density at radius 1 is 1.12 bits per heavy atom. The number of nitriles is 1. The summed E-state index contributed by atoms with van der Waals surface area (Å²) in [6.45, 7) is 0. The molecule has 2 aromatic carbocycles. The minimum Gasteiger partial charge on any atom is -0.282 e. The van der Waals surface area contributed by atoms with Gasteiger partial charge in [0, 0.05) is 29.8 Å². The van der Waals surface area contributed by atoms with Crippen molar-refractivity contribution in [1.29, 1.82) is 5.26 Å². The molecule has 1 aliphatic carbocycles. The highest BCUT2D eigenvalue weighted by atomic mass is 32.2. The first-order valence-corrected chi connectivity index (χ1v) is 9.58. The summed E-state index contributed by atoms with van der Waals surface area (Å²) in [6.07, 6.45) is 1.75. The van der Waals surface area contributed by atoms with Crippen LogP contribution in [0.15, 0.2) is 54.9 Å². The first-order chi connectivity index (χ1) is 12.5. The SMILES string of the molecule is N#Cc1ccc(-c2cnccc2NS(=O)(=O)C2CC2F)c2ccccc12. The van der Waals surface area contributed by atoms with Gasteiger partial charge in [0.25, 0.3) is 0 Å². The van der Waals surface area contributed by atoms with Crippen molar-refractivity contribution < 1.29 is 12.8 Å². The molecular weight excluding hydrogens is 353 g/mol. The fourth-order valence-electron chi connectivity index (χ4n) is 3.02. The lowest BCUT2D eigenvalue weighted by atomic mass is 9.95. The smallest absolute Gasteiger partial charge is 0.238 e. The Morgan fingerprint density at radius 3 is 2.54 bits per heavy atom. The summed E-state index contributed by atoms with van der Waals surface area (Å²) < 4.78 is 40.3. The van der Waals surface area contributed by atoms with Crippen molar-refractivity contribution in [2.24, 2.45) is 0 Å². The third-order valence-corrected chi connectivity index (χ3v) is 6.25. The van der Waals surface area contributed by atoms with Gasteiger partial charge in [0.2, 0.25) is 10.0 Å². The summed E-state index contributed by atoms with van der Waals surface area (Å²) in [6, 6.07) is 14.6. The van der Waals surface area contributed by atoms with Crippen LogP contribution < -0.4 is 4.72 Å². The molecule has 1 aliphatic rings. The van der Waals surface area contributed by atoms with E-state index in [1.807, 2.05) is 24.3 Å². The summed E-state index contributed by atoms with van der Waals surface area (Å²) in [5.41, 5.74) is 2.20. The largest absolute Gasteiger partial charge is 0.282 e. The number of fused-ring (bicyclic) bond motifs is 1. The van der Waals surface area contributed by atoms with Crippen molar-refractivity contribution in [3.05, 3.63) is 60.4 Å². The second-order valence-corrected chi connectivity index (χ2v) is 8.08. The monoisotopic (exact) mass is 367 g/mol. The van der Waals surface area contributed by atoms with E-state index in [0.717, 1.165) is 16.3 Å². The van der Waals surface area contributed by atoms with E-state index in [1.54, 1.807) is 24.4 Å². The van der Waals surface area contributed by atoms with E-state index in [9.17, 15) is 18.1 Å². The first kappa shape index (κ1) is 16.5. The molecule has 7 heteroatoms. The van der Waals surface area contributed by atoms with Crippen LogP contribution in [-0.4, -0.2) is 24.8 Å². The number of hydrogen-bond donors (Lipinski definition) is 1. The van der Waals surface area contributed by atoms with Gasteiger partial charge in [-0.1, -0.05) is 30.3 Å². The summed E-state index contributed by atoms with van der Waals surface area (Å²) >= 11 is 0. The number of hydrogen-bond acceptors (Lipinski definition) is 4. The van der Waals surface area contributed by atoms with Crippen molar-refractivity contribution >= 4 is 26.5 Å². The van der Waals surface area contributed by atoms with Crippen molar-refractivity contribution in [2.75, 3.05) is 4.72 Å². The van der Waals surface area contributed by atoms with E-state index in [4.69, 9.17) is 0 Å². The summed E-state index contributed by atoms with van der Waals surface area (Å²) in [7, 11) is -3.79. The predicted octanol–water partition coefficient (Wildman–Crippen LogP) is 3.63. The molecule has 0 bridgehead atoms. The summed E-state index contributed by atoms with van der Waals surface area (Å²) in [5, 5.41) is 9.90. The zero-order valence-corrected chi connectivity index (χ0v) is 14.4. The Bertz CT molecular complexity index is 1150. The van der Waals surface area contributed by atoms with Crippen LogP contribution in [-0.2, 0) is 10.0 Å². The molecule has 2 atom stereocenters. The van der Waals surface area contributed by atoms with Gasteiger partial charge in [0.15, 0.2) is 0 Å². The number of sulfonamides is 1. The van der Waals surface area contributed by atoms with Crippen molar-refractivity contribution in [3.63, 3.8) is 0 Å². The number of anilines is 1. The normalized spacial score (nSPS) is 19.1. The molecule has 4 rings (SSSR count).